The third kappa shape index (κ3) is 6.86. The van der Waals surface area contributed by atoms with Gasteiger partial charge in [0.15, 0.2) is 0 Å². The molecule has 1 atom stereocenters. The van der Waals surface area contributed by atoms with Crippen LogP contribution in [0.3, 0.4) is 0 Å². The zero-order valence-electron chi connectivity index (χ0n) is 12.3. The zero-order valence-corrected chi connectivity index (χ0v) is 13.5. The molecule has 1 aliphatic rings. The number of pyridine rings is 1. The van der Waals surface area contributed by atoms with Crippen molar-refractivity contribution in [2.75, 3.05) is 0 Å². The average Bonchev–Trinajstić information content (AvgIpc) is 2.55. The minimum Gasteiger partial charge on any atom is -0.664 e. The molecule has 0 bridgehead atoms. The summed E-state index contributed by atoms with van der Waals surface area (Å²) in [5.41, 5.74) is -0.769. The Morgan fingerprint density at radius 1 is 0.920 bits per heavy atom. The fourth-order valence-corrected chi connectivity index (χ4v) is 1.42. The quantitative estimate of drug-likeness (QED) is 0.582. The Kier molecular flexibility index (Phi) is 8.62. The Balaban J connectivity index is 0.000000443. The predicted octanol–water partition coefficient (Wildman–Crippen LogP) is 0.827. The van der Waals surface area contributed by atoms with Crippen LogP contribution in [0.25, 0.3) is 5.32 Å². The van der Waals surface area contributed by atoms with Gasteiger partial charge >= 0.3 is 17.9 Å². The van der Waals surface area contributed by atoms with Gasteiger partial charge in [0.1, 0.15) is 11.4 Å². The number of aromatic carboxylic acids is 2. The van der Waals surface area contributed by atoms with Crippen LogP contribution in [-0.4, -0.2) is 55.3 Å². The molecule has 0 saturated heterocycles. The van der Waals surface area contributed by atoms with Crippen LogP contribution in [0.1, 0.15) is 21.0 Å². The van der Waals surface area contributed by atoms with Gasteiger partial charge in [-0.3, -0.25) is 4.79 Å². The number of carbonyl (C=O) groups is 4. The van der Waals surface area contributed by atoms with Crippen molar-refractivity contribution in [3.8, 4) is 0 Å². The molecular formula is C14H11CrN2O8-. The number of aromatic nitrogens is 1. The molecule has 1 aromatic heterocycles. The van der Waals surface area contributed by atoms with E-state index in [2.05, 4.69) is 10.3 Å². The molecular weight excluding hydrogens is 376 g/mol. The Labute approximate surface area is 151 Å². The molecule has 0 fully saturated rings. The fraction of sp³-hybridized carbons (Fsp3) is 0.0714. The van der Waals surface area contributed by atoms with Gasteiger partial charge in [-0.25, -0.2) is 19.4 Å². The molecule has 0 spiro atoms. The summed E-state index contributed by atoms with van der Waals surface area (Å²) in [5, 5.41) is 37.2. The average molecular weight is 387 g/mol. The molecule has 132 valence electrons. The van der Waals surface area contributed by atoms with Crippen LogP contribution in [-0.2, 0) is 27.0 Å². The summed E-state index contributed by atoms with van der Waals surface area (Å²) in [6.45, 7) is 0. The van der Waals surface area contributed by atoms with Gasteiger partial charge in [-0.15, -0.1) is 0 Å². The number of carboxylic acid groups (broad SMARTS) is 4. The van der Waals surface area contributed by atoms with Crippen LogP contribution in [0.2, 0.25) is 0 Å². The second-order valence-electron chi connectivity index (χ2n) is 4.17. The molecule has 0 aromatic carbocycles. The van der Waals surface area contributed by atoms with Gasteiger partial charge in [0.25, 0.3) is 5.97 Å². The van der Waals surface area contributed by atoms with Gasteiger partial charge in [0.2, 0.25) is 0 Å². The summed E-state index contributed by atoms with van der Waals surface area (Å²) in [5.74, 6) is -4.85. The van der Waals surface area contributed by atoms with Crippen LogP contribution in [0, 0.1) is 0 Å². The molecule has 0 aliphatic carbocycles. The minimum absolute atomic E-state index is 0. The van der Waals surface area contributed by atoms with E-state index in [1.54, 1.807) is 0 Å². The largest absolute Gasteiger partial charge is 0.664 e. The number of aliphatic carboxylic acids is 2. The zero-order chi connectivity index (χ0) is 18.3. The molecule has 1 aliphatic heterocycles. The molecule has 0 saturated carbocycles. The van der Waals surface area contributed by atoms with Crippen LogP contribution < -0.4 is 0 Å². The topological polar surface area (TPSA) is 176 Å². The van der Waals surface area contributed by atoms with Gasteiger partial charge in [-0.05, 0) is 12.1 Å². The number of carboxylic acids is 4. The summed E-state index contributed by atoms with van der Waals surface area (Å²) in [6, 6.07) is 2.73. The number of nitrogens with zero attached hydrogens (tertiary/aromatic N) is 2. The molecule has 2 heterocycles. The van der Waals surface area contributed by atoms with E-state index in [1.165, 1.54) is 36.4 Å². The van der Waals surface area contributed by atoms with Gasteiger partial charge in [0, 0.05) is 23.4 Å². The van der Waals surface area contributed by atoms with Crippen molar-refractivity contribution in [3.05, 3.63) is 58.8 Å². The summed E-state index contributed by atoms with van der Waals surface area (Å²) < 4.78 is 0. The predicted molar refractivity (Wildman–Crippen MR) is 77.8 cm³/mol. The fourth-order valence-electron chi connectivity index (χ4n) is 1.42. The van der Waals surface area contributed by atoms with E-state index in [0.29, 0.717) is 0 Å². The van der Waals surface area contributed by atoms with Crippen molar-refractivity contribution in [2.24, 2.45) is 0 Å². The first-order valence-corrected chi connectivity index (χ1v) is 6.21. The Morgan fingerprint density at radius 3 is 1.84 bits per heavy atom. The molecule has 1 unspecified atom stereocenters. The van der Waals surface area contributed by atoms with Crippen molar-refractivity contribution in [3.63, 3.8) is 0 Å². The second kappa shape index (κ2) is 9.86. The van der Waals surface area contributed by atoms with Crippen molar-refractivity contribution in [2.45, 2.75) is 6.04 Å². The summed E-state index contributed by atoms with van der Waals surface area (Å²) in [6.07, 6.45) is 3.94. The third-order valence-electron chi connectivity index (χ3n) is 2.49. The maximum absolute atomic E-state index is 10.4. The molecule has 4 N–H and O–H groups in total. The Hall–Kier alpha value is -3.16. The van der Waals surface area contributed by atoms with Crippen molar-refractivity contribution >= 4 is 23.9 Å². The SMILES string of the molecule is O=C(O)C1=CC=CC(C(=O)O)[N-]1.O=C(O)c1cccc(C(=O)O)n1.[Cr]. The monoisotopic (exact) mass is 387 g/mol. The van der Waals surface area contributed by atoms with Crippen LogP contribution in [0.5, 0.6) is 0 Å². The first-order chi connectivity index (χ1) is 11.2. The maximum atomic E-state index is 10.4. The summed E-state index contributed by atoms with van der Waals surface area (Å²) in [4.78, 5) is 44.7. The maximum Gasteiger partial charge on any atom is 0.354 e. The number of hydrogen-bond donors (Lipinski definition) is 4. The number of allylic oxidation sites excluding steroid dienone is 2. The molecule has 25 heavy (non-hydrogen) atoms. The molecule has 0 amide bonds. The number of rotatable bonds is 4. The van der Waals surface area contributed by atoms with E-state index in [-0.39, 0.29) is 34.4 Å². The standard InChI is InChI=1S/C7H6NO4.C7H5NO4.Cr/c2*9-6(10)4-2-1-3-5(8-4)7(11)12;/h1-4H,(H,9,10)(H,11,12);1-3H,(H,9,10)(H,11,12);/q-1;;. The van der Waals surface area contributed by atoms with E-state index in [4.69, 9.17) is 20.4 Å². The van der Waals surface area contributed by atoms with E-state index >= 15 is 0 Å². The second-order valence-corrected chi connectivity index (χ2v) is 4.17. The third-order valence-corrected chi connectivity index (χ3v) is 2.49. The minimum atomic E-state index is -1.24. The first-order valence-electron chi connectivity index (χ1n) is 6.21. The van der Waals surface area contributed by atoms with E-state index < -0.39 is 29.9 Å². The molecule has 1 aromatic rings. The van der Waals surface area contributed by atoms with Gasteiger partial charge < -0.3 is 25.7 Å². The Morgan fingerprint density at radius 2 is 1.44 bits per heavy atom. The van der Waals surface area contributed by atoms with Gasteiger partial charge in [-0.2, -0.15) is 0 Å². The summed E-state index contributed by atoms with van der Waals surface area (Å²) in [7, 11) is 0. The van der Waals surface area contributed by atoms with Crippen LogP contribution in [0.4, 0.5) is 0 Å². The molecule has 11 heteroatoms. The van der Waals surface area contributed by atoms with E-state index in [1.807, 2.05) is 0 Å². The van der Waals surface area contributed by atoms with Crippen molar-refractivity contribution in [1.29, 1.82) is 0 Å². The smallest absolute Gasteiger partial charge is 0.354 e. The van der Waals surface area contributed by atoms with Crippen LogP contribution >= 0.6 is 0 Å². The molecule has 10 nitrogen and oxygen atoms in total. The van der Waals surface area contributed by atoms with Crippen LogP contribution in [0.15, 0.2) is 42.1 Å². The van der Waals surface area contributed by atoms with Crippen molar-refractivity contribution in [1.82, 2.24) is 4.98 Å². The van der Waals surface area contributed by atoms with Gasteiger partial charge in [-0.1, -0.05) is 30.0 Å². The van der Waals surface area contributed by atoms with Crippen molar-refractivity contribution < 1.29 is 57.0 Å². The summed E-state index contributed by atoms with van der Waals surface area (Å²) >= 11 is 0. The normalized spacial score (nSPS) is 14.6. The number of hydrogen-bond acceptors (Lipinski definition) is 5. The van der Waals surface area contributed by atoms with E-state index in [0.717, 1.165) is 0 Å². The molecule has 0 radical (unpaired) electrons. The molecule has 2 rings (SSSR count). The van der Waals surface area contributed by atoms with E-state index in [9.17, 15) is 19.2 Å². The first kappa shape index (κ1) is 21.8. The Bertz CT molecular complexity index is 715. The van der Waals surface area contributed by atoms with Gasteiger partial charge in [0.05, 0.1) is 0 Å².